The summed E-state index contributed by atoms with van der Waals surface area (Å²) in [5.74, 6) is 0.651. The van der Waals surface area contributed by atoms with E-state index in [0.29, 0.717) is 99.8 Å². The van der Waals surface area contributed by atoms with Crippen LogP contribution in [-0.2, 0) is 6.18 Å². The van der Waals surface area contributed by atoms with E-state index in [1.165, 1.54) is 45.5 Å². The second kappa shape index (κ2) is 20.2. The van der Waals surface area contributed by atoms with Crippen molar-refractivity contribution in [1.82, 2.24) is 24.1 Å². The Balaban J connectivity index is 1.28. The zero-order valence-corrected chi connectivity index (χ0v) is 44.0. The first-order chi connectivity index (χ1) is 40.6. The summed E-state index contributed by atoms with van der Waals surface area (Å²) in [6.45, 7) is 34.6. The smallest absolute Gasteiger partial charge is 0.308 e. The minimum atomic E-state index is -5.18. The van der Waals surface area contributed by atoms with Crippen LogP contribution in [0.2, 0.25) is 0 Å². The molecule has 0 saturated heterocycles. The summed E-state index contributed by atoms with van der Waals surface area (Å²) < 4.78 is 55.5. The van der Waals surface area contributed by atoms with E-state index >= 15 is 13.2 Å². The SMILES string of the molecule is [C-]#[N+]c1cc(C#N)cc(-c2ccc3c4ccc(-c5cc(C#N)cc([N+]#[C-])c5)cc4n(-c4cc(-c5nc(C)nc(C)n5)cc(-n5c6cc(-c7cc(C#N)cc([N+]#[C-])c7)ccc6c6ccc(-c7cc(C#N)cc([N+]#[C-])c7)cc65)c4C(F)(F)F)c3c2)c1. The number of halogens is 3. The van der Waals surface area contributed by atoms with Gasteiger partial charge in [-0.15, -0.1) is 0 Å². The standard InChI is InChI=1S/C68H32F3N13/c1-37-80-38(2)82-67(81-37)51-31-64(83-60-27-43(47-15-39(33-72)19-52(23-47)76-3)7-11-56(60)57-12-8-44(28-61(57)83)48-16-40(34-73)20-53(24-48)77-4)66(68(69,70)71)65(32-51)84-62-29-45(49-17-41(35-74)21-54(25-49)78-5)9-13-58(62)59-14-10-46(30-63(59)84)50-18-42(36-75)22-55(26-50)79-6/h7-32H,1-2H3. The normalized spacial score (nSPS) is 11.1. The summed E-state index contributed by atoms with van der Waals surface area (Å²) in [6.07, 6.45) is -5.18. The van der Waals surface area contributed by atoms with Crippen molar-refractivity contribution in [3.05, 3.63) is 243 Å². The highest BCUT2D eigenvalue weighted by Crippen LogP contribution is 2.48. The monoisotopic (exact) mass is 1090 g/mol. The Morgan fingerprint density at radius 2 is 0.655 bits per heavy atom. The van der Waals surface area contributed by atoms with E-state index in [-0.39, 0.29) is 67.8 Å². The summed E-state index contributed by atoms with van der Waals surface area (Å²) in [5, 5.41) is 42.3. The molecule has 390 valence electrons. The minimum Gasteiger partial charge on any atom is -0.308 e. The molecule has 84 heavy (non-hydrogen) atoms. The number of nitrogens with zero attached hydrogens (tertiary/aromatic N) is 13. The minimum absolute atomic E-state index is 0.0560. The van der Waals surface area contributed by atoms with Crippen LogP contribution < -0.4 is 0 Å². The number of alkyl halides is 3. The lowest BCUT2D eigenvalue weighted by molar-refractivity contribution is -0.137. The number of hydrogen-bond donors (Lipinski definition) is 0. The Bertz CT molecular complexity index is 4570. The molecule has 3 heterocycles. The Labute approximate surface area is 477 Å². The lowest BCUT2D eigenvalue weighted by Crippen LogP contribution is -2.16. The topological polar surface area (TPSA) is 161 Å². The van der Waals surface area contributed by atoms with Gasteiger partial charge in [0.25, 0.3) is 0 Å². The summed E-state index contributed by atoms with van der Waals surface area (Å²) in [7, 11) is 0. The highest BCUT2D eigenvalue weighted by Gasteiger charge is 2.40. The molecule has 12 aromatic rings. The maximum Gasteiger partial charge on any atom is 0.420 e. The fourth-order valence-corrected chi connectivity index (χ4v) is 11.0. The fourth-order valence-electron chi connectivity index (χ4n) is 11.0. The van der Waals surface area contributed by atoms with Crippen molar-refractivity contribution in [2.24, 2.45) is 0 Å². The van der Waals surface area contributed by atoms with Gasteiger partial charge in [-0.05, 0) is 168 Å². The van der Waals surface area contributed by atoms with Crippen LogP contribution in [0.4, 0.5) is 35.9 Å². The molecular weight excluding hydrogens is 1060 g/mol. The molecule has 0 fully saturated rings. The third-order valence-electron chi connectivity index (χ3n) is 14.6. The van der Waals surface area contributed by atoms with Crippen LogP contribution in [0.1, 0.15) is 39.5 Å². The zero-order chi connectivity index (χ0) is 58.7. The Hall–Kier alpha value is -12.7. The number of nitriles is 4. The molecule has 0 aliphatic rings. The molecule has 0 saturated carbocycles. The number of aryl methyl sites for hydroxylation is 2. The van der Waals surface area contributed by atoms with Gasteiger partial charge >= 0.3 is 6.18 Å². The second-order valence-electron chi connectivity index (χ2n) is 19.7. The molecule has 0 amide bonds. The molecule has 3 aromatic heterocycles. The molecular formula is C68H32F3N13. The summed E-state index contributed by atoms with van der Waals surface area (Å²) >= 11 is 0. The first kappa shape index (κ1) is 52.0. The van der Waals surface area contributed by atoms with E-state index in [9.17, 15) is 21.0 Å². The molecule has 0 bridgehead atoms. The van der Waals surface area contributed by atoms with Gasteiger partial charge in [0.15, 0.2) is 28.6 Å². The van der Waals surface area contributed by atoms with Crippen LogP contribution in [0.25, 0.3) is 130 Å². The molecule has 0 N–H and O–H groups in total. The number of aromatic nitrogens is 5. The maximum atomic E-state index is 17.5. The largest absolute Gasteiger partial charge is 0.420 e. The van der Waals surface area contributed by atoms with Crippen LogP contribution >= 0.6 is 0 Å². The van der Waals surface area contributed by atoms with Crippen molar-refractivity contribution in [3.8, 4) is 91.5 Å². The van der Waals surface area contributed by atoms with Crippen LogP contribution in [0.15, 0.2) is 158 Å². The van der Waals surface area contributed by atoms with E-state index in [1.807, 2.05) is 0 Å². The van der Waals surface area contributed by atoms with E-state index in [2.05, 4.69) is 48.6 Å². The lowest BCUT2D eigenvalue weighted by atomic mass is 9.99. The van der Waals surface area contributed by atoms with E-state index in [1.54, 1.807) is 135 Å². The Kier molecular flexibility index (Phi) is 12.5. The van der Waals surface area contributed by atoms with Crippen LogP contribution in [0.3, 0.4) is 0 Å². The van der Waals surface area contributed by atoms with Gasteiger partial charge < -0.3 is 9.13 Å². The first-order valence-electron chi connectivity index (χ1n) is 25.5. The average molecular weight is 1090 g/mol. The molecule has 9 aromatic carbocycles. The number of fused-ring (bicyclic) bond motifs is 6. The average Bonchev–Trinajstić information content (AvgIpc) is 1.72. The van der Waals surface area contributed by atoms with E-state index in [0.717, 1.165) is 0 Å². The van der Waals surface area contributed by atoms with Gasteiger partial charge in [-0.2, -0.15) is 34.2 Å². The number of benzene rings is 9. The van der Waals surface area contributed by atoms with Crippen molar-refractivity contribution >= 4 is 66.4 Å². The molecule has 0 unspecified atom stereocenters. The van der Waals surface area contributed by atoms with Crippen molar-refractivity contribution in [3.63, 3.8) is 0 Å². The van der Waals surface area contributed by atoms with Gasteiger partial charge in [0, 0.05) is 49.4 Å². The molecule has 0 aliphatic heterocycles. The van der Waals surface area contributed by atoms with E-state index < -0.39 is 11.7 Å². The summed E-state index contributed by atoms with van der Waals surface area (Å²) in [5.41, 5.74) is 4.81. The molecule has 16 heteroatoms. The predicted octanol–water partition coefficient (Wildman–Crippen LogP) is 17.7. The van der Waals surface area contributed by atoms with Gasteiger partial charge in [-0.25, -0.2) is 34.3 Å². The van der Waals surface area contributed by atoms with Crippen molar-refractivity contribution in [2.45, 2.75) is 20.0 Å². The molecule has 0 atom stereocenters. The lowest BCUT2D eigenvalue weighted by Gasteiger charge is -2.23. The quantitative estimate of drug-likeness (QED) is 0.144. The van der Waals surface area contributed by atoms with Crippen LogP contribution in [0.5, 0.6) is 0 Å². The third-order valence-corrected chi connectivity index (χ3v) is 14.6. The highest BCUT2D eigenvalue weighted by molar-refractivity contribution is 6.13. The van der Waals surface area contributed by atoms with Gasteiger partial charge in [0.05, 0.1) is 84.0 Å². The number of rotatable bonds is 7. The third kappa shape index (κ3) is 9.02. The van der Waals surface area contributed by atoms with Gasteiger partial charge in [0.2, 0.25) is 0 Å². The van der Waals surface area contributed by atoms with Crippen LogP contribution in [-0.4, -0.2) is 24.1 Å². The van der Waals surface area contributed by atoms with Crippen molar-refractivity contribution < 1.29 is 13.2 Å². The highest BCUT2D eigenvalue weighted by atomic mass is 19.4. The molecule has 12 rings (SSSR count). The summed E-state index contributed by atoms with van der Waals surface area (Å²) in [6, 6.07) is 50.9. The van der Waals surface area contributed by atoms with Gasteiger partial charge in [-0.3, -0.25) is 0 Å². The van der Waals surface area contributed by atoms with Crippen molar-refractivity contribution in [1.29, 1.82) is 21.0 Å². The Morgan fingerprint density at radius 3 is 0.905 bits per heavy atom. The molecule has 13 nitrogen and oxygen atoms in total. The van der Waals surface area contributed by atoms with Gasteiger partial charge in [-0.1, -0.05) is 48.5 Å². The summed E-state index contributed by atoms with van der Waals surface area (Å²) in [4.78, 5) is 28.2. The molecule has 0 aliphatic carbocycles. The molecule has 0 radical (unpaired) electrons. The second-order valence-corrected chi connectivity index (χ2v) is 19.7. The van der Waals surface area contributed by atoms with E-state index in [4.69, 9.17) is 36.3 Å². The molecule has 0 spiro atoms. The van der Waals surface area contributed by atoms with Gasteiger partial charge in [0.1, 0.15) is 17.2 Å². The first-order valence-corrected chi connectivity index (χ1v) is 25.5. The van der Waals surface area contributed by atoms with Crippen LogP contribution in [0, 0.1) is 85.5 Å². The Morgan fingerprint density at radius 1 is 0.369 bits per heavy atom. The van der Waals surface area contributed by atoms with Crippen molar-refractivity contribution in [2.75, 3.05) is 0 Å². The predicted molar refractivity (Wildman–Crippen MR) is 314 cm³/mol. The number of hydrogen-bond acceptors (Lipinski definition) is 7. The maximum absolute atomic E-state index is 17.5. The zero-order valence-electron chi connectivity index (χ0n) is 44.0. The fraction of sp³-hybridized carbons (Fsp3) is 0.0441.